The fourth-order valence-corrected chi connectivity index (χ4v) is 2.30. The molecule has 0 bridgehead atoms. The Morgan fingerprint density at radius 3 is 2.29 bits per heavy atom. The van der Waals surface area contributed by atoms with Crippen LogP contribution in [0.1, 0.15) is 44.9 Å². The number of methoxy groups -OCH3 is 1. The first-order valence-electron chi connectivity index (χ1n) is 6.16. The number of ether oxygens (including phenoxy) is 1. The highest BCUT2D eigenvalue weighted by atomic mass is 16.5. The highest BCUT2D eigenvalue weighted by Crippen LogP contribution is 2.27. The molecule has 0 spiro atoms. The summed E-state index contributed by atoms with van der Waals surface area (Å²) in [5.74, 6) is -1.11. The van der Waals surface area contributed by atoms with Gasteiger partial charge in [0.15, 0.2) is 0 Å². The molecule has 1 fully saturated rings. The fraction of sp³-hybridized carbons (Fsp3) is 0.833. The normalized spacial score (nSPS) is 19.4. The molecule has 1 aliphatic carbocycles. The van der Waals surface area contributed by atoms with E-state index in [0.29, 0.717) is 19.4 Å². The maximum atomic E-state index is 11.4. The van der Waals surface area contributed by atoms with Gasteiger partial charge >= 0.3 is 11.9 Å². The smallest absolute Gasteiger partial charge is 0.323 e. The standard InChI is InChI=1S/C12H21NO4/c1-17-10(14)6-9-13-12(11(15)16)7-4-2-3-5-8-12/h13H,2-9H2,1H3,(H,15,16). The van der Waals surface area contributed by atoms with Crippen LogP contribution in [0.2, 0.25) is 0 Å². The molecule has 0 aromatic rings. The zero-order chi connectivity index (χ0) is 12.7. The highest BCUT2D eigenvalue weighted by Gasteiger charge is 2.37. The number of carboxylic acids is 1. The molecular formula is C12H21NO4. The van der Waals surface area contributed by atoms with Crippen LogP contribution in [0.15, 0.2) is 0 Å². The predicted octanol–water partition coefficient (Wildman–Crippen LogP) is 1.32. The Morgan fingerprint density at radius 1 is 1.24 bits per heavy atom. The Balaban J connectivity index is 2.52. The van der Waals surface area contributed by atoms with Crippen molar-refractivity contribution in [1.29, 1.82) is 0 Å². The number of hydrogen-bond donors (Lipinski definition) is 2. The summed E-state index contributed by atoms with van der Waals surface area (Å²) in [6.45, 7) is 0.360. The van der Waals surface area contributed by atoms with Gasteiger partial charge in [-0.3, -0.25) is 9.59 Å². The highest BCUT2D eigenvalue weighted by molar-refractivity contribution is 5.79. The number of esters is 1. The van der Waals surface area contributed by atoms with Gasteiger partial charge in [0.25, 0.3) is 0 Å². The van der Waals surface area contributed by atoms with Gasteiger partial charge in [-0.25, -0.2) is 0 Å². The molecule has 1 saturated carbocycles. The Bertz CT molecular complexity index is 270. The van der Waals surface area contributed by atoms with Gasteiger partial charge in [-0.1, -0.05) is 25.7 Å². The number of hydrogen-bond acceptors (Lipinski definition) is 4. The lowest BCUT2D eigenvalue weighted by Gasteiger charge is -2.29. The molecule has 0 heterocycles. The summed E-state index contributed by atoms with van der Waals surface area (Å²) in [6.07, 6.45) is 5.54. The number of aliphatic carboxylic acids is 1. The SMILES string of the molecule is COC(=O)CCNC1(C(=O)O)CCCCCC1. The number of carbonyl (C=O) groups is 2. The van der Waals surface area contributed by atoms with Gasteiger partial charge in [-0.05, 0) is 12.8 Å². The van der Waals surface area contributed by atoms with E-state index in [2.05, 4.69) is 10.1 Å². The summed E-state index contributed by atoms with van der Waals surface area (Å²) in [4.78, 5) is 22.4. The van der Waals surface area contributed by atoms with Crippen molar-refractivity contribution >= 4 is 11.9 Å². The van der Waals surface area contributed by atoms with Gasteiger partial charge in [0, 0.05) is 6.54 Å². The average molecular weight is 243 g/mol. The number of rotatable bonds is 5. The molecule has 2 N–H and O–H groups in total. The number of carbonyl (C=O) groups excluding carboxylic acids is 1. The molecule has 0 aromatic heterocycles. The van der Waals surface area contributed by atoms with Crippen molar-refractivity contribution in [2.45, 2.75) is 50.5 Å². The van der Waals surface area contributed by atoms with Gasteiger partial charge in [0.05, 0.1) is 13.5 Å². The van der Waals surface area contributed by atoms with Crippen LogP contribution in [0.3, 0.4) is 0 Å². The monoisotopic (exact) mass is 243 g/mol. The molecule has 17 heavy (non-hydrogen) atoms. The first-order chi connectivity index (χ1) is 8.10. The van der Waals surface area contributed by atoms with E-state index in [0.717, 1.165) is 25.7 Å². The largest absolute Gasteiger partial charge is 0.480 e. The molecule has 98 valence electrons. The quantitative estimate of drug-likeness (QED) is 0.562. The maximum absolute atomic E-state index is 11.4. The molecule has 5 nitrogen and oxygen atoms in total. The van der Waals surface area contributed by atoms with Crippen LogP contribution in [0.4, 0.5) is 0 Å². The van der Waals surface area contributed by atoms with Gasteiger partial charge in [-0.15, -0.1) is 0 Å². The molecule has 5 heteroatoms. The molecule has 0 amide bonds. The summed E-state index contributed by atoms with van der Waals surface area (Å²) >= 11 is 0. The van der Waals surface area contributed by atoms with Crippen molar-refractivity contribution in [2.24, 2.45) is 0 Å². The summed E-state index contributed by atoms with van der Waals surface area (Å²) in [6, 6.07) is 0. The van der Waals surface area contributed by atoms with Crippen molar-refractivity contribution in [3.05, 3.63) is 0 Å². The minimum Gasteiger partial charge on any atom is -0.480 e. The molecule has 1 rings (SSSR count). The van der Waals surface area contributed by atoms with Gasteiger partial charge < -0.3 is 15.2 Å². The lowest BCUT2D eigenvalue weighted by molar-refractivity contribution is -0.146. The van der Waals surface area contributed by atoms with Crippen LogP contribution in [0.25, 0.3) is 0 Å². The van der Waals surface area contributed by atoms with Crippen LogP contribution < -0.4 is 5.32 Å². The summed E-state index contributed by atoms with van der Waals surface area (Å²) in [7, 11) is 1.33. The lowest BCUT2D eigenvalue weighted by Crippen LogP contribution is -2.52. The second-order valence-electron chi connectivity index (χ2n) is 4.55. The second kappa shape index (κ2) is 6.59. The first-order valence-corrected chi connectivity index (χ1v) is 6.16. The Kier molecular flexibility index (Phi) is 5.41. The van der Waals surface area contributed by atoms with Crippen molar-refractivity contribution in [3.8, 4) is 0 Å². The predicted molar refractivity (Wildman–Crippen MR) is 62.7 cm³/mol. The Morgan fingerprint density at radius 2 is 1.82 bits per heavy atom. The van der Waals surface area contributed by atoms with Gasteiger partial charge in [-0.2, -0.15) is 0 Å². The zero-order valence-corrected chi connectivity index (χ0v) is 10.3. The van der Waals surface area contributed by atoms with E-state index in [-0.39, 0.29) is 12.4 Å². The lowest BCUT2D eigenvalue weighted by atomic mass is 9.90. The van der Waals surface area contributed by atoms with Gasteiger partial charge in [0.1, 0.15) is 5.54 Å². The van der Waals surface area contributed by atoms with Crippen molar-refractivity contribution in [3.63, 3.8) is 0 Å². The minimum absolute atomic E-state index is 0.214. The van der Waals surface area contributed by atoms with E-state index in [4.69, 9.17) is 0 Å². The average Bonchev–Trinajstić information content (AvgIpc) is 2.55. The Hall–Kier alpha value is -1.10. The van der Waals surface area contributed by atoms with Crippen molar-refractivity contribution in [1.82, 2.24) is 5.32 Å². The summed E-state index contributed by atoms with van der Waals surface area (Å²) < 4.78 is 4.53. The molecule has 0 unspecified atom stereocenters. The topological polar surface area (TPSA) is 75.6 Å². The van der Waals surface area contributed by atoms with Crippen LogP contribution >= 0.6 is 0 Å². The van der Waals surface area contributed by atoms with Crippen LogP contribution in [-0.2, 0) is 14.3 Å². The van der Waals surface area contributed by atoms with Crippen molar-refractivity contribution in [2.75, 3.05) is 13.7 Å². The number of nitrogens with one attached hydrogen (secondary N) is 1. The van der Waals surface area contributed by atoms with E-state index >= 15 is 0 Å². The van der Waals surface area contributed by atoms with E-state index < -0.39 is 11.5 Å². The Labute approximate surface area is 102 Å². The van der Waals surface area contributed by atoms with E-state index in [1.807, 2.05) is 0 Å². The van der Waals surface area contributed by atoms with E-state index in [9.17, 15) is 14.7 Å². The maximum Gasteiger partial charge on any atom is 0.323 e. The molecule has 0 aliphatic heterocycles. The summed E-state index contributed by atoms with van der Waals surface area (Å²) in [5, 5.41) is 12.4. The van der Waals surface area contributed by atoms with Crippen molar-refractivity contribution < 1.29 is 19.4 Å². The molecule has 0 saturated heterocycles. The molecular weight excluding hydrogens is 222 g/mol. The van der Waals surface area contributed by atoms with Crippen LogP contribution in [0.5, 0.6) is 0 Å². The minimum atomic E-state index is -0.843. The molecule has 0 atom stereocenters. The third-order valence-corrected chi connectivity index (χ3v) is 3.39. The van der Waals surface area contributed by atoms with Crippen LogP contribution in [-0.4, -0.2) is 36.2 Å². The third kappa shape index (κ3) is 4.00. The molecule has 1 aliphatic rings. The first kappa shape index (κ1) is 14.0. The van der Waals surface area contributed by atoms with E-state index in [1.54, 1.807) is 0 Å². The van der Waals surface area contributed by atoms with Gasteiger partial charge in [0.2, 0.25) is 0 Å². The second-order valence-corrected chi connectivity index (χ2v) is 4.55. The molecule has 0 radical (unpaired) electrons. The van der Waals surface area contributed by atoms with Crippen LogP contribution in [0, 0.1) is 0 Å². The zero-order valence-electron chi connectivity index (χ0n) is 10.3. The third-order valence-electron chi connectivity index (χ3n) is 3.39. The fourth-order valence-electron chi connectivity index (χ4n) is 2.30. The molecule has 0 aromatic carbocycles. The van der Waals surface area contributed by atoms with E-state index in [1.165, 1.54) is 7.11 Å². The summed E-state index contributed by atoms with van der Waals surface area (Å²) in [5.41, 5.74) is -0.843. The number of carboxylic acid groups (broad SMARTS) is 1.